The van der Waals surface area contributed by atoms with Gasteiger partial charge >= 0.3 is 6.09 Å². The number of hydrogen-bond donors (Lipinski definition) is 1. The third kappa shape index (κ3) is 3.34. The second-order valence-electron chi connectivity index (χ2n) is 4.80. The fourth-order valence-corrected chi connectivity index (χ4v) is 1.51. The van der Waals surface area contributed by atoms with Crippen molar-refractivity contribution in [3.05, 3.63) is 0 Å². The Morgan fingerprint density at radius 2 is 2.07 bits per heavy atom. The third-order valence-electron chi connectivity index (χ3n) is 2.27. The Labute approximate surface area is 89.8 Å². The molecule has 0 unspecified atom stereocenters. The summed E-state index contributed by atoms with van der Waals surface area (Å²) in [6.45, 7) is 5.86. The van der Waals surface area contributed by atoms with Gasteiger partial charge in [-0.1, -0.05) is 0 Å². The summed E-state index contributed by atoms with van der Waals surface area (Å²) in [6.07, 6.45) is -1.45. The molecule has 2 atom stereocenters. The number of likely N-dealkylation sites (tertiary alicyclic amines) is 1. The SMILES string of the molecule is CN[C@H]1CN(C(=O)OC(C)(C)C)C[C@@H]1F. The van der Waals surface area contributed by atoms with Crippen LogP contribution in [0.4, 0.5) is 9.18 Å². The summed E-state index contributed by atoms with van der Waals surface area (Å²) < 4.78 is 18.5. The highest BCUT2D eigenvalue weighted by Crippen LogP contribution is 2.17. The van der Waals surface area contributed by atoms with E-state index in [1.165, 1.54) is 4.90 Å². The first-order valence-corrected chi connectivity index (χ1v) is 5.13. The van der Waals surface area contributed by atoms with Gasteiger partial charge < -0.3 is 15.0 Å². The van der Waals surface area contributed by atoms with E-state index in [0.29, 0.717) is 6.54 Å². The summed E-state index contributed by atoms with van der Waals surface area (Å²) >= 11 is 0. The van der Waals surface area contributed by atoms with Crippen LogP contribution < -0.4 is 5.32 Å². The average molecular weight is 218 g/mol. The molecule has 1 rings (SSSR count). The fourth-order valence-electron chi connectivity index (χ4n) is 1.51. The minimum absolute atomic E-state index is 0.112. The lowest BCUT2D eigenvalue weighted by Crippen LogP contribution is -2.37. The predicted octanol–water partition coefficient (Wildman–Crippen LogP) is 1.16. The van der Waals surface area contributed by atoms with Crippen molar-refractivity contribution in [1.29, 1.82) is 0 Å². The number of halogens is 1. The van der Waals surface area contributed by atoms with E-state index >= 15 is 0 Å². The Balaban J connectivity index is 2.50. The van der Waals surface area contributed by atoms with Crippen LogP contribution in [0.1, 0.15) is 20.8 Å². The van der Waals surface area contributed by atoms with Crippen LogP contribution in [-0.2, 0) is 4.74 Å². The molecule has 1 heterocycles. The zero-order chi connectivity index (χ0) is 11.6. The van der Waals surface area contributed by atoms with Gasteiger partial charge in [-0.2, -0.15) is 0 Å². The Morgan fingerprint density at radius 1 is 1.47 bits per heavy atom. The number of likely N-dealkylation sites (N-methyl/N-ethyl adjacent to an activating group) is 1. The highest BCUT2D eigenvalue weighted by Gasteiger charge is 2.36. The van der Waals surface area contributed by atoms with E-state index in [1.54, 1.807) is 27.8 Å². The Bertz CT molecular complexity index is 240. The largest absolute Gasteiger partial charge is 0.444 e. The zero-order valence-electron chi connectivity index (χ0n) is 9.71. The van der Waals surface area contributed by atoms with Gasteiger partial charge in [-0.15, -0.1) is 0 Å². The average Bonchev–Trinajstić information content (AvgIpc) is 2.43. The lowest BCUT2D eigenvalue weighted by atomic mass is 10.2. The molecule has 5 heteroatoms. The number of amides is 1. The number of rotatable bonds is 1. The van der Waals surface area contributed by atoms with Crippen molar-refractivity contribution in [3.8, 4) is 0 Å². The molecule has 1 fully saturated rings. The highest BCUT2D eigenvalue weighted by atomic mass is 19.1. The summed E-state index contributed by atoms with van der Waals surface area (Å²) in [6, 6.07) is -0.280. The Hall–Kier alpha value is -0.840. The van der Waals surface area contributed by atoms with Gasteiger partial charge in [-0.25, -0.2) is 9.18 Å². The van der Waals surface area contributed by atoms with Crippen LogP contribution in [0.5, 0.6) is 0 Å². The summed E-state index contributed by atoms with van der Waals surface area (Å²) in [5.41, 5.74) is -0.527. The van der Waals surface area contributed by atoms with E-state index < -0.39 is 17.9 Å². The van der Waals surface area contributed by atoms with E-state index in [1.807, 2.05) is 0 Å². The normalized spacial score (nSPS) is 26.9. The van der Waals surface area contributed by atoms with Crippen molar-refractivity contribution in [3.63, 3.8) is 0 Å². The van der Waals surface area contributed by atoms with E-state index in [0.717, 1.165) is 0 Å². The molecule has 88 valence electrons. The van der Waals surface area contributed by atoms with Crippen LogP contribution in [-0.4, -0.2) is 48.9 Å². The quantitative estimate of drug-likeness (QED) is 0.718. The topological polar surface area (TPSA) is 41.6 Å². The van der Waals surface area contributed by atoms with Crippen molar-refractivity contribution < 1.29 is 13.9 Å². The maximum atomic E-state index is 13.3. The molecule has 0 aromatic carbocycles. The van der Waals surface area contributed by atoms with Crippen LogP contribution >= 0.6 is 0 Å². The first-order valence-electron chi connectivity index (χ1n) is 5.13. The highest BCUT2D eigenvalue weighted by molar-refractivity contribution is 5.68. The van der Waals surface area contributed by atoms with E-state index in [2.05, 4.69) is 5.32 Å². The standard InChI is InChI=1S/C10H19FN2O2/c1-10(2,3)15-9(14)13-5-7(11)8(6-13)12-4/h7-8,12H,5-6H2,1-4H3/t7-,8-/m0/s1. The zero-order valence-corrected chi connectivity index (χ0v) is 9.71. The van der Waals surface area contributed by atoms with Crippen LogP contribution in [0.25, 0.3) is 0 Å². The Kier molecular flexibility index (Phi) is 3.54. The van der Waals surface area contributed by atoms with Gasteiger partial charge in [0.25, 0.3) is 0 Å². The molecular formula is C10H19FN2O2. The van der Waals surface area contributed by atoms with Crippen molar-refractivity contribution in [1.82, 2.24) is 10.2 Å². The lowest BCUT2D eigenvalue weighted by Gasteiger charge is -2.24. The van der Waals surface area contributed by atoms with E-state index in [4.69, 9.17) is 4.74 Å². The van der Waals surface area contributed by atoms with Gasteiger partial charge in [0.05, 0.1) is 12.6 Å². The summed E-state index contributed by atoms with van der Waals surface area (Å²) in [5, 5.41) is 2.84. The van der Waals surface area contributed by atoms with Crippen LogP contribution in [0, 0.1) is 0 Å². The fraction of sp³-hybridized carbons (Fsp3) is 0.900. The van der Waals surface area contributed by atoms with Gasteiger partial charge in [0.15, 0.2) is 0 Å². The molecular weight excluding hydrogens is 199 g/mol. The molecule has 4 nitrogen and oxygen atoms in total. The number of hydrogen-bond acceptors (Lipinski definition) is 3. The van der Waals surface area contributed by atoms with Gasteiger partial charge in [-0.3, -0.25) is 0 Å². The molecule has 1 aliphatic heterocycles. The third-order valence-corrected chi connectivity index (χ3v) is 2.27. The van der Waals surface area contributed by atoms with Crippen LogP contribution in [0.15, 0.2) is 0 Å². The second kappa shape index (κ2) is 4.35. The number of nitrogens with zero attached hydrogens (tertiary/aromatic N) is 1. The smallest absolute Gasteiger partial charge is 0.410 e. The molecule has 0 radical (unpaired) electrons. The van der Waals surface area contributed by atoms with Gasteiger partial charge in [0.2, 0.25) is 0 Å². The van der Waals surface area contributed by atoms with Gasteiger partial charge in [-0.05, 0) is 27.8 Å². The van der Waals surface area contributed by atoms with Gasteiger partial charge in [0.1, 0.15) is 11.8 Å². The molecule has 0 bridgehead atoms. The molecule has 0 aromatic rings. The number of ether oxygens (including phenoxy) is 1. The van der Waals surface area contributed by atoms with Crippen LogP contribution in [0.2, 0.25) is 0 Å². The molecule has 1 N–H and O–H groups in total. The van der Waals surface area contributed by atoms with Gasteiger partial charge in [0, 0.05) is 6.54 Å². The molecule has 0 saturated carbocycles. The first-order chi connectivity index (χ1) is 6.83. The number of carbonyl (C=O) groups is 1. The second-order valence-corrected chi connectivity index (χ2v) is 4.80. The number of nitrogens with one attached hydrogen (secondary N) is 1. The first kappa shape index (κ1) is 12.2. The summed E-state index contributed by atoms with van der Waals surface area (Å²) in [7, 11) is 1.69. The molecule has 0 aliphatic carbocycles. The molecule has 0 spiro atoms. The lowest BCUT2D eigenvalue weighted by molar-refractivity contribution is 0.0282. The van der Waals surface area contributed by atoms with E-state index in [9.17, 15) is 9.18 Å². The molecule has 1 amide bonds. The molecule has 1 aliphatic rings. The van der Waals surface area contributed by atoms with Crippen molar-refractivity contribution in [2.45, 2.75) is 38.6 Å². The summed E-state index contributed by atoms with van der Waals surface area (Å²) in [5.74, 6) is 0. The minimum atomic E-state index is -1.01. The molecule has 1 saturated heterocycles. The maximum Gasteiger partial charge on any atom is 0.410 e. The Morgan fingerprint density at radius 3 is 2.47 bits per heavy atom. The molecule has 0 aromatic heterocycles. The molecule has 15 heavy (non-hydrogen) atoms. The minimum Gasteiger partial charge on any atom is -0.444 e. The predicted molar refractivity (Wildman–Crippen MR) is 55.6 cm³/mol. The van der Waals surface area contributed by atoms with Crippen molar-refractivity contribution in [2.24, 2.45) is 0 Å². The number of carbonyl (C=O) groups excluding carboxylic acids is 1. The monoisotopic (exact) mass is 218 g/mol. The van der Waals surface area contributed by atoms with E-state index in [-0.39, 0.29) is 12.6 Å². The van der Waals surface area contributed by atoms with Crippen molar-refractivity contribution >= 4 is 6.09 Å². The summed E-state index contributed by atoms with van der Waals surface area (Å²) in [4.78, 5) is 13.0. The number of alkyl halides is 1. The maximum absolute atomic E-state index is 13.3. The van der Waals surface area contributed by atoms with Crippen molar-refractivity contribution in [2.75, 3.05) is 20.1 Å². The van der Waals surface area contributed by atoms with Crippen LogP contribution in [0.3, 0.4) is 0 Å².